The molecule has 3 aromatic heterocycles. The number of hydrogen-bond acceptors (Lipinski definition) is 9. The van der Waals surface area contributed by atoms with E-state index in [1.807, 2.05) is 0 Å². The first-order valence-electron chi connectivity index (χ1n) is 20.5. The molecule has 0 bridgehead atoms. The van der Waals surface area contributed by atoms with E-state index >= 15 is 8.78 Å². The molecule has 1 fully saturated rings. The lowest BCUT2D eigenvalue weighted by molar-refractivity contribution is -0.143. The van der Waals surface area contributed by atoms with Crippen LogP contribution in [0.5, 0.6) is 5.75 Å². The summed E-state index contributed by atoms with van der Waals surface area (Å²) in [5.74, 6) is -11.6. The number of fused-ring (bicyclic) bond motifs is 4. The number of carbonyl (C=O) groups is 2. The third-order valence-electron chi connectivity index (χ3n) is 11.5. The number of halogens is 11. The average molecular weight is 1070 g/mol. The van der Waals surface area contributed by atoms with Gasteiger partial charge in [0.1, 0.15) is 30.4 Å². The maximum Gasteiger partial charge on any atom is 0.524 e. The molecule has 3 N–H and O–H groups in total. The third kappa shape index (κ3) is 10.1. The highest BCUT2D eigenvalue weighted by Gasteiger charge is 2.68. The van der Waals surface area contributed by atoms with E-state index in [0.717, 1.165) is 43.4 Å². The smallest absolute Gasteiger partial charge is 0.402 e. The summed E-state index contributed by atoms with van der Waals surface area (Å²) in [7, 11) is -9.33. The highest BCUT2D eigenvalue weighted by Crippen LogP contribution is 2.68. The van der Waals surface area contributed by atoms with Gasteiger partial charge in [-0.1, -0.05) is 35.9 Å². The summed E-state index contributed by atoms with van der Waals surface area (Å²) in [5, 5.41) is 8.65. The molecule has 3 heterocycles. The van der Waals surface area contributed by atoms with Crippen molar-refractivity contribution in [2.75, 3.05) is 22.5 Å². The summed E-state index contributed by atoms with van der Waals surface area (Å²) in [5.41, 5.74) is -5.42. The Balaban J connectivity index is 1.29. The Bertz CT molecular complexity index is 3310. The highest BCUT2D eigenvalue weighted by atomic mass is 35.5. The summed E-state index contributed by atoms with van der Waals surface area (Å²) in [6.45, 7) is -1.82. The minimum atomic E-state index is -5.31. The van der Waals surface area contributed by atoms with E-state index in [4.69, 9.17) is 11.6 Å². The number of nitrogens with zero attached hydrogens (tertiary/aromatic N) is 7. The second-order valence-corrected chi connectivity index (χ2v) is 20.1. The van der Waals surface area contributed by atoms with Crippen LogP contribution in [0.4, 0.5) is 60.2 Å². The number of urea groups is 1. The Morgan fingerprint density at radius 3 is 2.25 bits per heavy atom. The summed E-state index contributed by atoms with van der Waals surface area (Å²) in [6.07, 6.45) is -10.7. The van der Waals surface area contributed by atoms with E-state index in [2.05, 4.69) is 25.0 Å². The molecule has 2 aliphatic carbocycles. The molecule has 71 heavy (non-hydrogen) atoms. The number of benzene rings is 3. The van der Waals surface area contributed by atoms with Crippen molar-refractivity contribution >= 4 is 63.8 Å². The van der Waals surface area contributed by atoms with Gasteiger partial charge in [0, 0.05) is 41.4 Å². The lowest BCUT2D eigenvalue weighted by atomic mass is 9.93. The first-order valence-corrected chi connectivity index (χ1v) is 24.3. The average Bonchev–Trinajstić information content (AvgIpc) is 3.74. The number of para-hydroxylation sites is 2. The number of aromatic nitrogens is 5. The predicted molar refractivity (Wildman–Crippen MR) is 232 cm³/mol. The zero-order valence-corrected chi connectivity index (χ0v) is 38.9. The van der Waals surface area contributed by atoms with Gasteiger partial charge in [-0.05, 0) is 67.6 Å². The number of nitrogens with one attached hydrogen (secondary N) is 1. The number of pyridine rings is 1. The van der Waals surface area contributed by atoms with Crippen LogP contribution in [-0.4, -0.2) is 74.2 Å². The van der Waals surface area contributed by atoms with E-state index < -0.39 is 147 Å². The Morgan fingerprint density at radius 1 is 0.986 bits per heavy atom. The summed E-state index contributed by atoms with van der Waals surface area (Å²) in [6, 6.07) is 8.39. The summed E-state index contributed by atoms with van der Waals surface area (Å²) >= 11 is 6.65. The van der Waals surface area contributed by atoms with Crippen molar-refractivity contribution in [3.63, 3.8) is 0 Å². The predicted octanol–water partition coefficient (Wildman–Crippen LogP) is 8.92. The monoisotopic (exact) mass is 1070 g/mol. The van der Waals surface area contributed by atoms with Crippen LogP contribution < -0.4 is 19.0 Å². The van der Waals surface area contributed by atoms with Crippen LogP contribution in [-0.2, 0) is 51.0 Å². The molecule has 3 aromatic carbocycles. The van der Waals surface area contributed by atoms with E-state index in [1.54, 1.807) is 0 Å². The van der Waals surface area contributed by atoms with Crippen LogP contribution >= 0.6 is 19.4 Å². The minimum Gasteiger partial charge on any atom is -0.402 e. The Morgan fingerprint density at radius 2 is 1.63 bits per heavy atom. The molecule has 6 aromatic rings. The van der Waals surface area contributed by atoms with Gasteiger partial charge in [-0.3, -0.25) is 33.8 Å². The number of alkyl halides is 8. The Kier molecular flexibility index (Phi) is 12.8. The molecular formula is C42H34ClF10N8O8PS. The molecule has 3 atom stereocenters. The fourth-order valence-electron chi connectivity index (χ4n) is 8.69. The van der Waals surface area contributed by atoms with E-state index in [1.165, 1.54) is 31.2 Å². The van der Waals surface area contributed by atoms with Crippen molar-refractivity contribution < 1.29 is 80.8 Å². The second-order valence-electron chi connectivity index (χ2n) is 16.7. The number of carbonyl (C=O) groups excluding carboxylic acids is 2. The summed E-state index contributed by atoms with van der Waals surface area (Å²) in [4.78, 5) is 52.3. The fourth-order valence-corrected chi connectivity index (χ4v) is 10.2. The maximum absolute atomic E-state index is 15.5. The zero-order chi connectivity index (χ0) is 52.1. The lowest BCUT2D eigenvalue weighted by Crippen LogP contribution is -2.45. The first-order chi connectivity index (χ1) is 32.8. The van der Waals surface area contributed by atoms with Gasteiger partial charge in [-0.2, -0.15) is 49.6 Å². The van der Waals surface area contributed by atoms with Gasteiger partial charge < -0.3 is 9.84 Å². The van der Waals surface area contributed by atoms with Gasteiger partial charge in [-0.25, -0.2) is 26.6 Å². The molecule has 0 spiro atoms. The number of rotatable bonds is 13. The molecular weight excluding hydrogens is 1030 g/mol. The van der Waals surface area contributed by atoms with Gasteiger partial charge in [-0.15, -0.1) is 0 Å². The number of sulfonamides is 1. The van der Waals surface area contributed by atoms with Gasteiger partial charge in [0.2, 0.25) is 15.9 Å². The topological polar surface area (TPSA) is 202 Å². The number of phosphoric acid groups is 1. The zero-order valence-electron chi connectivity index (χ0n) is 36.4. The molecule has 1 saturated carbocycles. The largest absolute Gasteiger partial charge is 0.524 e. The number of hydrogen-bond donors (Lipinski definition) is 3. The second kappa shape index (κ2) is 17.8. The number of phosphoric ester groups is 1. The number of amides is 3. The highest BCUT2D eigenvalue weighted by molar-refractivity contribution is 7.92. The Hall–Kier alpha value is -6.28. The molecule has 0 radical (unpaired) electrons. The van der Waals surface area contributed by atoms with Crippen molar-refractivity contribution in [2.45, 2.75) is 63.1 Å². The van der Waals surface area contributed by atoms with E-state index in [-0.39, 0.29) is 48.2 Å². The SMILES string of the molecule is Cc1ccc(-c2ccc(Cl)c3c(N(C(=O)N(C)c4ccccc4OP(=O)(O)O)S(C)(=O)=O)nn(CC(F)(F)F)c23)c([C@H](Cc2cc(F)cc(F)c2)NC(=O)Cn2nc(C(F)(F)F)c3c2C(F)(F)[C@@H]2C[C@H]32)n1. The molecule has 0 unspecified atom stereocenters. The van der Waals surface area contributed by atoms with Crippen molar-refractivity contribution in [1.82, 2.24) is 29.9 Å². The Labute approximate surface area is 399 Å². The van der Waals surface area contributed by atoms with Crippen LogP contribution in [0.1, 0.15) is 52.3 Å². The van der Waals surface area contributed by atoms with Crippen molar-refractivity contribution in [3.05, 3.63) is 117 Å². The van der Waals surface area contributed by atoms with E-state index in [0.29, 0.717) is 17.2 Å². The van der Waals surface area contributed by atoms with Crippen LogP contribution in [0.2, 0.25) is 5.02 Å². The van der Waals surface area contributed by atoms with Crippen LogP contribution in [0.3, 0.4) is 0 Å². The normalized spacial score (nSPS) is 16.9. The summed E-state index contributed by atoms with van der Waals surface area (Å²) < 4.78 is 190. The number of aryl methyl sites for hydroxylation is 1. The first kappa shape index (κ1) is 51.1. The quantitative estimate of drug-likeness (QED) is 0.0737. The van der Waals surface area contributed by atoms with Crippen molar-refractivity contribution in [1.29, 1.82) is 0 Å². The molecule has 0 aliphatic heterocycles. The van der Waals surface area contributed by atoms with Crippen LogP contribution in [0.15, 0.2) is 66.7 Å². The van der Waals surface area contributed by atoms with Crippen LogP contribution in [0.25, 0.3) is 22.0 Å². The minimum absolute atomic E-state index is 0.0365. The van der Waals surface area contributed by atoms with Crippen molar-refractivity contribution in [2.24, 2.45) is 5.92 Å². The lowest BCUT2D eigenvalue weighted by Gasteiger charge is -2.26. The molecule has 8 rings (SSSR count). The molecule has 378 valence electrons. The molecule has 16 nitrogen and oxygen atoms in total. The molecule has 2 aliphatic rings. The molecule has 3 amide bonds. The molecule has 0 saturated heterocycles. The van der Waals surface area contributed by atoms with Gasteiger partial charge in [0.05, 0.1) is 39.6 Å². The van der Waals surface area contributed by atoms with Gasteiger partial charge in [0.25, 0.3) is 5.92 Å². The maximum atomic E-state index is 15.5. The van der Waals surface area contributed by atoms with Gasteiger partial charge in [0.15, 0.2) is 17.3 Å². The molecule has 29 heteroatoms. The van der Waals surface area contributed by atoms with Crippen LogP contribution in [0, 0.1) is 24.5 Å². The fraction of sp³-hybridized carbons (Fsp3) is 0.310. The third-order valence-corrected chi connectivity index (χ3v) is 13.2. The number of anilines is 2. The standard InChI is InChI=1S/C42H34ClF10N8O8PS/c1-19-8-9-23(34(54-19)28(14-20-12-21(44)15-22(45)13-20)55-31(62)17-59-37-32(36(56-59)42(51,52)53)25-16-26(25)41(37,49)50)24-10-11-27(43)33-35(24)60(18-40(46,47)48)57-38(33)61(71(3,67)68)39(63)58(2)29-6-4-5-7-30(29)69-70(64,65)66/h4-13,15,25-26,28H,14,16-18H2,1-3H3,(H,55,62)(H2,64,65,66)/t25-,26+,28-/m0/s1. The van der Waals surface area contributed by atoms with Crippen molar-refractivity contribution in [3.8, 4) is 16.9 Å². The van der Waals surface area contributed by atoms with E-state index in [9.17, 15) is 67.5 Å². The van der Waals surface area contributed by atoms with Gasteiger partial charge >= 0.3 is 26.2 Å².